The Morgan fingerprint density at radius 3 is 2.90 bits per heavy atom. The molecular weight excluding hydrogens is 568 g/mol. The minimum Gasteiger partial charge on any atom is -0.462 e. The Hall–Kier alpha value is -3.12. The number of hydrogen-bond donors (Lipinski definition) is 2. The highest BCUT2D eigenvalue weighted by Gasteiger charge is 2.43. The van der Waals surface area contributed by atoms with E-state index in [1.165, 1.54) is 12.1 Å². The highest BCUT2D eigenvalue weighted by atomic mass is 35.5. The smallest absolute Gasteiger partial charge is 0.319 e. The van der Waals surface area contributed by atoms with Crippen LogP contribution >= 0.6 is 22.9 Å². The van der Waals surface area contributed by atoms with Gasteiger partial charge in [0.05, 0.1) is 20.8 Å². The third-order valence-electron chi connectivity index (χ3n) is 8.73. The lowest BCUT2D eigenvalue weighted by molar-refractivity contribution is 0.188. The van der Waals surface area contributed by atoms with Crippen LogP contribution in [0.3, 0.4) is 0 Å². The highest BCUT2D eigenvalue weighted by molar-refractivity contribution is 7.22. The molecule has 214 valence electrons. The van der Waals surface area contributed by atoms with Crippen LogP contribution in [0.5, 0.6) is 6.01 Å². The lowest BCUT2D eigenvalue weighted by Crippen LogP contribution is -2.58. The molecule has 8 nitrogen and oxygen atoms in total. The molecule has 4 aromatic rings. The summed E-state index contributed by atoms with van der Waals surface area (Å²) in [5, 5.41) is 4.49. The largest absolute Gasteiger partial charge is 0.462 e. The number of hydrogen-bond acceptors (Lipinski definition) is 9. The van der Waals surface area contributed by atoms with Crippen molar-refractivity contribution in [1.29, 1.82) is 0 Å². The molecule has 0 spiro atoms. The quantitative estimate of drug-likeness (QED) is 0.286. The molecule has 3 atom stereocenters. The van der Waals surface area contributed by atoms with E-state index >= 15 is 4.39 Å². The molecule has 3 saturated heterocycles. The van der Waals surface area contributed by atoms with E-state index in [-0.39, 0.29) is 55.1 Å². The molecule has 2 bridgehead atoms. The third-order valence-corrected chi connectivity index (χ3v) is 9.93. The predicted octanol–water partition coefficient (Wildman–Crippen LogP) is 5.39. The Labute approximate surface area is 245 Å². The maximum absolute atomic E-state index is 16.7. The van der Waals surface area contributed by atoms with Gasteiger partial charge < -0.3 is 25.6 Å². The van der Waals surface area contributed by atoms with Crippen LogP contribution in [0.4, 0.5) is 19.7 Å². The molecule has 0 saturated carbocycles. The van der Waals surface area contributed by atoms with Gasteiger partial charge in [-0.15, -0.1) is 6.58 Å². The number of ether oxygens (including phenoxy) is 1. The summed E-state index contributed by atoms with van der Waals surface area (Å²) in [7, 11) is 2.07. The first-order valence-corrected chi connectivity index (χ1v) is 15.0. The maximum atomic E-state index is 16.7. The van der Waals surface area contributed by atoms with Crippen molar-refractivity contribution in [1.82, 2.24) is 25.2 Å². The summed E-state index contributed by atoms with van der Waals surface area (Å²) in [5.74, 6) is -0.550. The van der Waals surface area contributed by atoms with E-state index in [1.54, 1.807) is 6.07 Å². The summed E-state index contributed by atoms with van der Waals surface area (Å²) in [6.07, 6.45) is 6.06. The Bertz CT molecular complexity index is 1700. The first-order chi connectivity index (χ1) is 19.7. The molecule has 5 heterocycles. The number of likely N-dealkylation sites (tertiary alicyclic amines) is 1. The van der Waals surface area contributed by atoms with Crippen LogP contribution in [0.15, 0.2) is 30.9 Å². The van der Waals surface area contributed by atoms with Gasteiger partial charge in [0.2, 0.25) is 0 Å². The number of nitrogens with one attached hydrogen (secondary N) is 1. The van der Waals surface area contributed by atoms with E-state index in [1.807, 2.05) is 6.08 Å². The highest BCUT2D eigenvalue weighted by Crippen LogP contribution is 2.43. The van der Waals surface area contributed by atoms with Crippen molar-refractivity contribution in [3.63, 3.8) is 0 Å². The zero-order valence-corrected chi connectivity index (χ0v) is 24.2. The minimum atomic E-state index is -0.644. The van der Waals surface area contributed by atoms with Crippen molar-refractivity contribution in [3.05, 3.63) is 47.5 Å². The van der Waals surface area contributed by atoms with Gasteiger partial charge in [-0.2, -0.15) is 9.97 Å². The number of benzene rings is 2. The maximum Gasteiger partial charge on any atom is 0.319 e. The fourth-order valence-corrected chi connectivity index (χ4v) is 7.63. The number of fused-ring (bicyclic) bond motifs is 4. The molecule has 3 aliphatic heterocycles. The van der Waals surface area contributed by atoms with E-state index in [0.29, 0.717) is 36.5 Å². The molecule has 2 aromatic heterocycles. The van der Waals surface area contributed by atoms with Crippen molar-refractivity contribution >= 4 is 55.0 Å². The topological polar surface area (TPSA) is 92.4 Å². The molecular formula is C29H30ClF2N7OS. The van der Waals surface area contributed by atoms with Gasteiger partial charge in [-0.1, -0.05) is 29.0 Å². The Kier molecular flexibility index (Phi) is 6.53. The van der Waals surface area contributed by atoms with Gasteiger partial charge in [0.25, 0.3) is 0 Å². The van der Waals surface area contributed by atoms with Crippen molar-refractivity contribution in [2.24, 2.45) is 0 Å². The second-order valence-electron chi connectivity index (χ2n) is 11.3. The third kappa shape index (κ3) is 4.50. The summed E-state index contributed by atoms with van der Waals surface area (Å²) < 4.78 is 37.6. The number of aromatic nitrogens is 3. The van der Waals surface area contributed by atoms with Gasteiger partial charge in [-0.3, -0.25) is 0 Å². The lowest BCUT2D eigenvalue weighted by atomic mass is 9.97. The molecule has 0 amide bonds. The van der Waals surface area contributed by atoms with E-state index < -0.39 is 11.6 Å². The molecule has 0 radical (unpaired) electrons. The summed E-state index contributed by atoms with van der Waals surface area (Å²) in [4.78, 5) is 18.1. The molecule has 2 aromatic carbocycles. The number of anilines is 2. The second-order valence-corrected chi connectivity index (χ2v) is 12.7. The first-order valence-electron chi connectivity index (χ1n) is 13.8. The molecule has 7 rings (SSSR count). The number of piperazine rings is 1. The number of likely N-dealkylation sites (N-methyl/N-ethyl adjacent to an activating group) is 1. The minimum absolute atomic E-state index is 0.0865. The van der Waals surface area contributed by atoms with Gasteiger partial charge >= 0.3 is 6.01 Å². The first kappa shape index (κ1) is 26.8. The predicted molar refractivity (Wildman–Crippen MR) is 160 cm³/mol. The molecule has 3 fully saturated rings. The van der Waals surface area contributed by atoms with Crippen LogP contribution in [0, 0.1) is 11.6 Å². The number of nitrogens with two attached hydrogens (primary N) is 1. The summed E-state index contributed by atoms with van der Waals surface area (Å²) in [6.45, 7) is 6.81. The Morgan fingerprint density at radius 2 is 2.12 bits per heavy atom. The number of halogens is 3. The monoisotopic (exact) mass is 597 g/mol. The molecule has 41 heavy (non-hydrogen) atoms. The van der Waals surface area contributed by atoms with Gasteiger partial charge in [0.1, 0.15) is 23.8 Å². The fourth-order valence-electron chi connectivity index (χ4n) is 6.57. The van der Waals surface area contributed by atoms with Crippen LogP contribution in [0.1, 0.15) is 25.7 Å². The van der Waals surface area contributed by atoms with Crippen molar-refractivity contribution < 1.29 is 13.5 Å². The lowest BCUT2D eigenvalue weighted by Gasteiger charge is -2.40. The average Bonchev–Trinajstić information content (AvgIpc) is 3.65. The zero-order chi connectivity index (χ0) is 28.5. The van der Waals surface area contributed by atoms with Crippen LogP contribution in [0.2, 0.25) is 5.02 Å². The van der Waals surface area contributed by atoms with E-state index in [0.717, 1.165) is 43.6 Å². The number of thiazole rings is 1. The van der Waals surface area contributed by atoms with E-state index in [2.05, 4.69) is 38.7 Å². The van der Waals surface area contributed by atoms with Gasteiger partial charge in [0, 0.05) is 41.7 Å². The molecule has 3 unspecified atom stereocenters. The fraction of sp³-hybridized carbons (Fsp3) is 0.414. The Balaban J connectivity index is 1.39. The van der Waals surface area contributed by atoms with Crippen LogP contribution in [0.25, 0.3) is 32.2 Å². The number of rotatable bonds is 6. The van der Waals surface area contributed by atoms with Gasteiger partial charge in [0.15, 0.2) is 10.9 Å². The number of nitrogen functional groups attached to an aromatic ring is 1. The molecule has 0 aliphatic carbocycles. The van der Waals surface area contributed by atoms with E-state index in [4.69, 9.17) is 27.1 Å². The van der Waals surface area contributed by atoms with Crippen LogP contribution < -0.4 is 20.7 Å². The molecule has 12 heteroatoms. The van der Waals surface area contributed by atoms with E-state index in [9.17, 15) is 4.39 Å². The Morgan fingerprint density at radius 1 is 1.27 bits per heavy atom. The normalized spacial score (nSPS) is 24.5. The zero-order valence-electron chi connectivity index (χ0n) is 22.6. The molecule has 3 aliphatic rings. The standard InChI is InChI=1S/C29H30ClF2N7OS/c1-3-29-9-8-15(37-29)12-39(14-29)26-18-11-19(30)21(17-6-7-20(31)25-24(17)34-27(33)41-25)22(32)23(18)35-28(36-26)40-13-16-5-4-10-38(16)2/h3,6-7,11,15-16,37H,1,4-5,8-10,12-14H2,2H3,(H2,33,34). The van der Waals surface area contributed by atoms with Gasteiger partial charge in [-0.25, -0.2) is 13.8 Å². The van der Waals surface area contributed by atoms with Gasteiger partial charge in [-0.05, 0) is 57.5 Å². The van der Waals surface area contributed by atoms with Crippen LogP contribution in [-0.2, 0) is 0 Å². The second kappa shape index (κ2) is 10.0. The number of nitrogens with zero attached hydrogens (tertiary/aromatic N) is 5. The van der Waals surface area contributed by atoms with Crippen molar-refractivity contribution in [2.75, 3.05) is 43.9 Å². The summed E-state index contributed by atoms with van der Waals surface area (Å²) >= 11 is 7.81. The summed E-state index contributed by atoms with van der Waals surface area (Å²) in [6, 6.07) is 5.05. The average molecular weight is 598 g/mol. The van der Waals surface area contributed by atoms with Crippen molar-refractivity contribution in [3.8, 4) is 17.1 Å². The molecule has 3 N–H and O–H groups in total. The SMILES string of the molecule is C=CC12CCC(CN(c3nc(OCC4CCCN4C)nc4c(F)c(-c5ccc(F)c6sc(N)nc56)c(Cl)cc34)C1)N2. The van der Waals surface area contributed by atoms with Crippen molar-refractivity contribution in [2.45, 2.75) is 43.3 Å². The van der Waals surface area contributed by atoms with Crippen LogP contribution in [-0.4, -0.2) is 70.8 Å². The summed E-state index contributed by atoms with van der Waals surface area (Å²) in [5.41, 5.74) is 6.42.